The lowest BCUT2D eigenvalue weighted by atomic mass is 9.81. The number of benzene rings is 3. The van der Waals surface area contributed by atoms with Gasteiger partial charge >= 0.3 is 0 Å². The summed E-state index contributed by atoms with van der Waals surface area (Å²) in [6.45, 7) is 16.8. The van der Waals surface area contributed by atoms with Crippen molar-refractivity contribution in [3.63, 3.8) is 0 Å². The zero-order valence-corrected chi connectivity index (χ0v) is 22.1. The summed E-state index contributed by atoms with van der Waals surface area (Å²) < 4.78 is 13.2. The summed E-state index contributed by atoms with van der Waals surface area (Å²) in [5.74, 6) is 0.953. The van der Waals surface area contributed by atoms with Gasteiger partial charge in [0.1, 0.15) is 12.4 Å². The lowest BCUT2D eigenvalue weighted by Gasteiger charge is -2.36. The summed E-state index contributed by atoms with van der Waals surface area (Å²) in [7, 11) is -1.89. The molecule has 3 aromatic carbocycles. The van der Waals surface area contributed by atoms with Crippen LogP contribution in [0.15, 0.2) is 91.5 Å². The molecule has 2 nitrogen and oxygen atoms in total. The molecule has 3 aromatic rings. The highest BCUT2D eigenvalue weighted by Gasteiger charge is 2.37. The molecule has 0 bridgehead atoms. The average molecular weight is 469 g/mol. The Hall–Kier alpha value is -2.88. The molecular formula is C31H36O2Si. The molecule has 0 aliphatic carbocycles. The van der Waals surface area contributed by atoms with Crippen LogP contribution in [0.2, 0.25) is 18.1 Å². The van der Waals surface area contributed by atoms with Gasteiger partial charge in [0, 0.05) is 17.1 Å². The number of hydrogen-bond acceptors (Lipinski definition) is 2. The fourth-order valence-corrected chi connectivity index (χ4v) is 5.16. The minimum Gasteiger partial charge on any atom is -0.488 e. The van der Waals surface area contributed by atoms with E-state index in [0.29, 0.717) is 13.2 Å². The van der Waals surface area contributed by atoms with Gasteiger partial charge in [-0.25, -0.2) is 0 Å². The van der Waals surface area contributed by atoms with Gasteiger partial charge in [-0.1, -0.05) is 106 Å². The van der Waals surface area contributed by atoms with Gasteiger partial charge in [-0.2, -0.15) is 0 Å². The van der Waals surface area contributed by atoms with Crippen LogP contribution in [0.25, 0.3) is 11.3 Å². The second kappa shape index (κ2) is 9.77. The molecule has 4 rings (SSSR count). The number of hydrogen-bond donors (Lipinski definition) is 0. The van der Waals surface area contributed by atoms with E-state index in [9.17, 15) is 0 Å². The monoisotopic (exact) mass is 468 g/mol. The average Bonchev–Trinajstić information content (AvgIpc) is 2.83. The maximum Gasteiger partial charge on any atom is 0.192 e. The van der Waals surface area contributed by atoms with Crippen molar-refractivity contribution in [1.29, 1.82) is 0 Å². The minimum atomic E-state index is -1.89. The van der Waals surface area contributed by atoms with Crippen LogP contribution in [-0.4, -0.2) is 8.32 Å². The summed E-state index contributed by atoms with van der Waals surface area (Å²) in [6, 6.07) is 27.6. The topological polar surface area (TPSA) is 18.5 Å². The molecule has 1 aliphatic rings. The fraction of sp³-hybridized carbons (Fsp3) is 0.290. The standard InChI is InChI=1S/C31H36O2Si/c1-7-26(23-15-9-8-10-16-23)29-27-19-13-11-17-24(27)21-32-30(29)28-20-14-12-18-25(28)22-33-34(5,6)31(2,3)4/h7-20,26H,1,21-22H2,2-6H3. The van der Waals surface area contributed by atoms with Gasteiger partial charge in [0.25, 0.3) is 0 Å². The summed E-state index contributed by atoms with van der Waals surface area (Å²) in [5.41, 5.74) is 7.09. The van der Waals surface area contributed by atoms with Crippen molar-refractivity contribution in [2.75, 3.05) is 0 Å². The van der Waals surface area contributed by atoms with Crippen LogP contribution in [-0.2, 0) is 22.4 Å². The van der Waals surface area contributed by atoms with Crippen molar-refractivity contribution in [2.45, 2.75) is 58.0 Å². The quantitative estimate of drug-likeness (QED) is 0.255. The Morgan fingerprint density at radius 1 is 0.912 bits per heavy atom. The Morgan fingerprint density at radius 3 is 2.21 bits per heavy atom. The van der Waals surface area contributed by atoms with Gasteiger partial charge in [0.15, 0.2) is 8.32 Å². The van der Waals surface area contributed by atoms with Crippen LogP contribution in [0, 0.1) is 0 Å². The molecule has 176 valence electrons. The number of fused-ring (bicyclic) bond motifs is 1. The SMILES string of the molecule is C=CC(C1=C(c2ccccc2CO[Si](C)(C)C(C)(C)C)OCc2ccccc21)c1ccccc1. The van der Waals surface area contributed by atoms with Crippen LogP contribution < -0.4 is 0 Å². The van der Waals surface area contributed by atoms with Crippen molar-refractivity contribution >= 4 is 19.6 Å². The molecule has 1 atom stereocenters. The predicted octanol–water partition coefficient (Wildman–Crippen LogP) is 8.58. The number of allylic oxidation sites excluding steroid dienone is 2. The molecule has 1 aliphatic heterocycles. The van der Waals surface area contributed by atoms with Crippen molar-refractivity contribution < 1.29 is 9.16 Å². The van der Waals surface area contributed by atoms with Gasteiger partial charge in [-0.3, -0.25) is 0 Å². The molecule has 0 radical (unpaired) electrons. The Morgan fingerprint density at radius 2 is 1.53 bits per heavy atom. The maximum atomic E-state index is 6.63. The normalized spacial score (nSPS) is 14.9. The second-order valence-corrected chi connectivity index (χ2v) is 15.3. The van der Waals surface area contributed by atoms with Gasteiger partial charge in [0.2, 0.25) is 0 Å². The summed E-state index contributed by atoms with van der Waals surface area (Å²) in [5, 5.41) is 0.161. The highest BCUT2D eigenvalue weighted by Crippen LogP contribution is 2.45. The third kappa shape index (κ3) is 4.82. The second-order valence-electron chi connectivity index (χ2n) is 10.5. The Balaban J connectivity index is 1.85. The lowest BCUT2D eigenvalue weighted by Crippen LogP contribution is -2.40. The van der Waals surface area contributed by atoms with Crippen LogP contribution in [0.1, 0.15) is 54.5 Å². The first-order valence-corrected chi connectivity index (χ1v) is 15.0. The Bertz CT molecular complexity index is 1190. The summed E-state index contributed by atoms with van der Waals surface area (Å²) >= 11 is 0. The highest BCUT2D eigenvalue weighted by molar-refractivity contribution is 6.74. The highest BCUT2D eigenvalue weighted by atomic mass is 28.4. The summed E-state index contributed by atoms with van der Waals surface area (Å²) in [6.07, 6.45) is 2.03. The van der Waals surface area contributed by atoms with E-state index in [1.165, 1.54) is 22.3 Å². The molecule has 34 heavy (non-hydrogen) atoms. The Labute approximate surface area is 206 Å². The van der Waals surface area contributed by atoms with Gasteiger partial charge in [-0.05, 0) is 40.4 Å². The van der Waals surface area contributed by atoms with E-state index in [1.807, 2.05) is 6.08 Å². The Kier molecular flexibility index (Phi) is 6.97. The molecule has 1 heterocycles. The van der Waals surface area contributed by atoms with Crippen LogP contribution in [0.4, 0.5) is 0 Å². The summed E-state index contributed by atoms with van der Waals surface area (Å²) in [4.78, 5) is 0. The first-order valence-electron chi connectivity index (χ1n) is 12.1. The van der Waals surface area contributed by atoms with E-state index in [-0.39, 0.29) is 11.0 Å². The molecular weight excluding hydrogens is 432 g/mol. The molecule has 0 amide bonds. The van der Waals surface area contributed by atoms with E-state index in [1.54, 1.807) is 0 Å². The van der Waals surface area contributed by atoms with Gasteiger partial charge < -0.3 is 9.16 Å². The fourth-order valence-electron chi connectivity index (χ4n) is 4.21. The van der Waals surface area contributed by atoms with Gasteiger partial charge in [-0.15, -0.1) is 6.58 Å². The van der Waals surface area contributed by atoms with E-state index in [4.69, 9.17) is 9.16 Å². The van der Waals surface area contributed by atoms with Crippen LogP contribution in [0.3, 0.4) is 0 Å². The number of rotatable bonds is 7. The molecule has 0 aromatic heterocycles. The first-order chi connectivity index (χ1) is 16.2. The first kappa shape index (κ1) is 24.2. The molecule has 0 spiro atoms. The lowest BCUT2D eigenvalue weighted by molar-refractivity contribution is 0.255. The smallest absolute Gasteiger partial charge is 0.192 e. The van der Waals surface area contributed by atoms with Crippen LogP contribution >= 0.6 is 0 Å². The van der Waals surface area contributed by atoms with Crippen molar-refractivity contribution in [3.8, 4) is 0 Å². The molecule has 0 fully saturated rings. The van der Waals surface area contributed by atoms with Gasteiger partial charge in [0.05, 0.1) is 6.61 Å². The van der Waals surface area contributed by atoms with E-state index in [0.717, 1.165) is 16.9 Å². The predicted molar refractivity (Wildman–Crippen MR) is 146 cm³/mol. The number of ether oxygens (including phenoxy) is 1. The molecule has 0 saturated heterocycles. The largest absolute Gasteiger partial charge is 0.488 e. The molecule has 3 heteroatoms. The van der Waals surface area contributed by atoms with E-state index >= 15 is 0 Å². The molecule has 0 N–H and O–H groups in total. The zero-order valence-electron chi connectivity index (χ0n) is 21.1. The van der Waals surface area contributed by atoms with E-state index in [2.05, 4.69) is 119 Å². The molecule has 1 unspecified atom stereocenters. The molecule has 0 saturated carbocycles. The van der Waals surface area contributed by atoms with E-state index < -0.39 is 8.32 Å². The maximum absolute atomic E-state index is 6.63. The third-order valence-corrected chi connectivity index (χ3v) is 11.8. The van der Waals surface area contributed by atoms with Crippen molar-refractivity contribution in [3.05, 3.63) is 119 Å². The minimum absolute atomic E-state index is 0.0204. The van der Waals surface area contributed by atoms with Crippen LogP contribution in [0.5, 0.6) is 0 Å². The zero-order chi connectivity index (χ0) is 24.3. The third-order valence-electron chi connectivity index (χ3n) is 7.29. The van der Waals surface area contributed by atoms with Crippen molar-refractivity contribution in [1.82, 2.24) is 0 Å². The van der Waals surface area contributed by atoms with Crippen molar-refractivity contribution in [2.24, 2.45) is 0 Å².